The van der Waals surface area contributed by atoms with Crippen molar-refractivity contribution in [3.8, 4) is 0 Å². The van der Waals surface area contributed by atoms with E-state index < -0.39 is 19.8 Å². The molecule has 1 atom stereocenters. The van der Waals surface area contributed by atoms with Gasteiger partial charge in [0.1, 0.15) is 0 Å². The summed E-state index contributed by atoms with van der Waals surface area (Å²) in [4.78, 5) is 12.1. The summed E-state index contributed by atoms with van der Waals surface area (Å²) in [5.74, 6) is -0.859. The van der Waals surface area contributed by atoms with Crippen LogP contribution in [0.1, 0.15) is 24.2 Å². The van der Waals surface area contributed by atoms with Crippen molar-refractivity contribution in [1.82, 2.24) is 0 Å². The molecule has 6 heteroatoms. The molecule has 0 N–H and O–H groups in total. The Kier molecular flexibility index (Phi) is 4.23. The molecule has 0 saturated heterocycles. The highest BCUT2D eigenvalue weighted by Gasteiger charge is 2.43. The molecule has 0 unspecified atom stereocenters. The molecular formula is C11H12Cl2O3S. The molecule has 0 fully saturated rings. The van der Waals surface area contributed by atoms with E-state index in [-0.39, 0.29) is 11.3 Å². The fraction of sp³-hybridized carbons (Fsp3) is 0.364. The number of rotatable bonds is 4. The molecule has 0 aliphatic carbocycles. The van der Waals surface area contributed by atoms with Crippen LogP contribution < -0.4 is 0 Å². The van der Waals surface area contributed by atoms with Gasteiger partial charge in [-0.1, -0.05) is 42.3 Å². The van der Waals surface area contributed by atoms with Gasteiger partial charge in [0.2, 0.25) is 4.21 Å². The van der Waals surface area contributed by atoms with Crippen molar-refractivity contribution in [3.05, 3.63) is 34.9 Å². The first-order chi connectivity index (χ1) is 7.72. The smallest absolute Gasteiger partial charge is 0.205 e. The Labute approximate surface area is 111 Å². The van der Waals surface area contributed by atoms with Crippen molar-refractivity contribution in [3.63, 3.8) is 0 Å². The molecule has 1 aromatic carbocycles. The van der Waals surface area contributed by atoms with Crippen LogP contribution in [0.15, 0.2) is 24.3 Å². The molecule has 1 rings (SSSR count). The zero-order valence-electron chi connectivity index (χ0n) is 9.41. The van der Waals surface area contributed by atoms with Crippen molar-refractivity contribution in [2.24, 2.45) is 0 Å². The molecule has 0 spiro atoms. The molecule has 0 aliphatic rings. The van der Waals surface area contributed by atoms with Crippen LogP contribution in [-0.4, -0.2) is 24.2 Å². The minimum Gasteiger partial charge on any atom is -0.291 e. The molecule has 94 valence electrons. The van der Waals surface area contributed by atoms with E-state index in [4.69, 9.17) is 23.2 Å². The first kappa shape index (κ1) is 14.5. The molecule has 0 heterocycles. The van der Waals surface area contributed by atoms with E-state index in [0.29, 0.717) is 5.02 Å². The van der Waals surface area contributed by atoms with Gasteiger partial charge in [-0.15, -0.1) is 0 Å². The molecule has 17 heavy (non-hydrogen) atoms. The fourth-order valence-corrected chi connectivity index (χ4v) is 2.87. The van der Waals surface area contributed by atoms with Gasteiger partial charge in [0.15, 0.2) is 15.6 Å². The fourth-order valence-electron chi connectivity index (χ4n) is 1.30. The van der Waals surface area contributed by atoms with Gasteiger partial charge in [0, 0.05) is 16.3 Å². The summed E-state index contributed by atoms with van der Waals surface area (Å²) in [5, 5.41) is 0.359. The van der Waals surface area contributed by atoms with Gasteiger partial charge in [-0.3, -0.25) is 4.79 Å². The Bertz CT molecular complexity index is 535. The number of Topliss-reactive ketones (excluding diaryl/α,β-unsaturated/α-hetero) is 1. The molecule has 1 aromatic rings. The molecule has 0 bridgehead atoms. The van der Waals surface area contributed by atoms with Crippen molar-refractivity contribution < 1.29 is 13.2 Å². The number of hydrogen-bond acceptors (Lipinski definition) is 3. The highest BCUT2D eigenvalue weighted by Crippen LogP contribution is 2.28. The molecule has 3 nitrogen and oxygen atoms in total. The summed E-state index contributed by atoms with van der Waals surface area (Å²) in [6.07, 6.45) is 0. The number of carbonyl (C=O) groups excluding carboxylic acids is 1. The topological polar surface area (TPSA) is 51.2 Å². The van der Waals surface area contributed by atoms with Crippen molar-refractivity contribution in [2.45, 2.75) is 18.1 Å². The highest BCUT2D eigenvalue weighted by atomic mass is 35.5. The number of sulfone groups is 1. The first-order valence-electron chi connectivity index (χ1n) is 4.94. The lowest BCUT2D eigenvalue weighted by Gasteiger charge is -2.20. The predicted molar refractivity (Wildman–Crippen MR) is 69.5 cm³/mol. The van der Waals surface area contributed by atoms with Crippen LogP contribution in [0.4, 0.5) is 0 Å². The molecule has 0 aliphatic heterocycles. The van der Waals surface area contributed by atoms with Gasteiger partial charge in [0.05, 0.1) is 0 Å². The van der Waals surface area contributed by atoms with Gasteiger partial charge in [-0.2, -0.15) is 0 Å². The summed E-state index contributed by atoms with van der Waals surface area (Å²) in [6, 6.07) is 6.05. The van der Waals surface area contributed by atoms with Gasteiger partial charge < -0.3 is 0 Å². The normalized spacial score (nSPS) is 15.3. The second kappa shape index (κ2) is 4.96. The number of hydrogen-bond donors (Lipinski definition) is 0. The largest absolute Gasteiger partial charge is 0.291 e. The standard InChI is InChI=1S/C11H12Cl2O3S/c1-3-17(15,16)11(2,13)10(14)8-5-4-6-9(12)7-8/h4-7H,3H2,1-2H3/t11-/m0/s1. The van der Waals surface area contributed by atoms with Gasteiger partial charge in [-0.25, -0.2) is 8.42 Å². The van der Waals surface area contributed by atoms with Crippen LogP contribution in [0.2, 0.25) is 5.02 Å². The lowest BCUT2D eigenvalue weighted by molar-refractivity contribution is 0.0978. The second-order valence-corrected chi connectivity index (χ2v) is 7.70. The Morgan fingerprint density at radius 2 is 2.00 bits per heavy atom. The van der Waals surface area contributed by atoms with E-state index in [1.807, 2.05) is 0 Å². The summed E-state index contributed by atoms with van der Waals surface area (Å²) in [5.41, 5.74) is 0.187. The number of halogens is 2. The minimum absolute atomic E-state index is 0.187. The Balaban J connectivity index is 3.23. The number of alkyl halides is 1. The van der Waals surface area contributed by atoms with E-state index in [9.17, 15) is 13.2 Å². The SMILES string of the molecule is CCS(=O)(=O)[C@](C)(Cl)C(=O)c1cccc(Cl)c1. The van der Waals surface area contributed by atoms with Crippen LogP contribution in [0.3, 0.4) is 0 Å². The predicted octanol–water partition coefficient (Wildman–Crippen LogP) is 2.91. The summed E-state index contributed by atoms with van der Waals surface area (Å²) in [6.45, 7) is 2.64. The van der Waals surface area contributed by atoms with Crippen LogP contribution in [0, 0.1) is 0 Å². The maximum atomic E-state index is 12.1. The van der Waals surface area contributed by atoms with Crippen LogP contribution in [-0.2, 0) is 9.84 Å². The van der Waals surface area contributed by atoms with E-state index >= 15 is 0 Å². The van der Waals surface area contributed by atoms with Crippen LogP contribution in [0.5, 0.6) is 0 Å². The van der Waals surface area contributed by atoms with E-state index in [0.717, 1.165) is 0 Å². The average Bonchev–Trinajstić information content (AvgIpc) is 2.27. The van der Waals surface area contributed by atoms with E-state index in [1.54, 1.807) is 12.1 Å². The third kappa shape index (κ3) is 2.81. The van der Waals surface area contributed by atoms with E-state index in [1.165, 1.54) is 26.0 Å². The summed E-state index contributed by atoms with van der Waals surface area (Å²) < 4.78 is 21.5. The van der Waals surface area contributed by atoms with Crippen LogP contribution in [0.25, 0.3) is 0 Å². The maximum absolute atomic E-state index is 12.1. The first-order valence-corrected chi connectivity index (χ1v) is 7.34. The zero-order valence-corrected chi connectivity index (χ0v) is 11.7. The van der Waals surface area contributed by atoms with Gasteiger partial charge in [-0.05, 0) is 19.1 Å². The maximum Gasteiger partial charge on any atom is 0.205 e. The zero-order chi connectivity index (χ0) is 13.3. The summed E-state index contributed by atoms with van der Waals surface area (Å²) >= 11 is 11.6. The third-order valence-electron chi connectivity index (χ3n) is 2.46. The highest BCUT2D eigenvalue weighted by molar-refractivity contribution is 7.95. The molecular weight excluding hydrogens is 283 g/mol. The number of carbonyl (C=O) groups is 1. The third-order valence-corrected chi connectivity index (χ3v) is 5.68. The molecule has 0 aromatic heterocycles. The lowest BCUT2D eigenvalue weighted by Crippen LogP contribution is -2.39. The van der Waals surface area contributed by atoms with Gasteiger partial charge >= 0.3 is 0 Å². The second-order valence-electron chi connectivity index (χ2n) is 3.66. The molecule has 0 radical (unpaired) electrons. The lowest BCUT2D eigenvalue weighted by atomic mass is 10.1. The number of benzene rings is 1. The monoisotopic (exact) mass is 294 g/mol. The molecule has 0 saturated carbocycles. The number of ketones is 1. The average molecular weight is 295 g/mol. The Morgan fingerprint density at radius 1 is 1.41 bits per heavy atom. The van der Waals surface area contributed by atoms with Crippen LogP contribution >= 0.6 is 23.2 Å². The Morgan fingerprint density at radius 3 is 2.47 bits per heavy atom. The summed E-state index contributed by atoms with van der Waals surface area (Å²) in [7, 11) is -3.69. The van der Waals surface area contributed by atoms with Crippen molar-refractivity contribution in [1.29, 1.82) is 0 Å². The van der Waals surface area contributed by atoms with E-state index in [2.05, 4.69) is 0 Å². The van der Waals surface area contributed by atoms with Crippen molar-refractivity contribution in [2.75, 3.05) is 5.75 Å². The van der Waals surface area contributed by atoms with Crippen molar-refractivity contribution >= 4 is 38.8 Å². The van der Waals surface area contributed by atoms with Gasteiger partial charge in [0.25, 0.3) is 0 Å². The molecule has 0 amide bonds. The quantitative estimate of drug-likeness (QED) is 0.634. The Hall–Kier alpha value is -0.580. The minimum atomic E-state index is -3.69.